The zero-order valence-electron chi connectivity index (χ0n) is 15.1. The number of piperidine rings is 1. The van der Waals surface area contributed by atoms with Crippen LogP contribution in [0.3, 0.4) is 0 Å². The first-order valence-corrected chi connectivity index (χ1v) is 10.5. The molecule has 5 rings (SSSR count). The van der Waals surface area contributed by atoms with Gasteiger partial charge in [-0.3, -0.25) is 0 Å². The van der Waals surface area contributed by atoms with Crippen LogP contribution in [-0.2, 0) is 17.6 Å². The Morgan fingerprint density at radius 3 is 3.04 bits per heavy atom. The van der Waals surface area contributed by atoms with Gasteiger partial charge in [0.25, 0.3) is 0 Å². The van der Waals surface area contributed by atoms with Crippen LogP contribution in [0.1, 0.15) is 41.7 Å². The molecule has 0 saturated carbocycles. The third-order valence-electron chi connectivity index (χ3n) is 5.28. The van der Waals surface area contributed by atoms with E-state index in [-0.39, 0.29) is 6.10 Å². The minimum atomic E-state index is 0.0170. The smallest absolute Gasteiger partial charge is 0.229 e. The van der Waals surface area contributed by atoms with Crippen LogP contribution < -0.4 is 4.90 Å². The average molecular weight is 382 g/mol. The predicted molar refractivity (Wildman–Crippen MR) is 104 cm³/mol. The first-order valence-electron chi connectivity index (χ1n) is 9.58. The van der Waals surface area contributed by atoms with Gasteiger partial charge >= 0.3 is 0 Å². The Balaban J connectivity index is 1.34. The summed E-state index contributed by atoms with van der Waals surface area (Å²) in [6.45, 7) is 2.88. The van der Waals surface area contributed by atoms with Gasteiger partial charge in [-0.1, -0.05) is 5.16 Å². The highest BCUT2D eigenvalue weighted by Gasteiger charge is 2.25. The summed E-state index contributed by atoms with van der Waals surface area (Å²) in [6, 6.07) is 6.19. The van der Waals surface area contributed by atoms with Gasteiger partial charge in [0.2, 0.25) is 11.7 Å². The summed E-state index contributed by atoms with van der Waals surface area (Å²) in [5.41, 5.74) is 2.33. The summed E-state index contributed by atoms with van der Waals surface area (Å²) in [6.07, 6.45) is 7.21. The highest BCUT2D eigenvalue weighted by Crippen LogP contribution is 2.34. The number of hydrogen-bond donors (Lipinski definition) is 0. The molecule has 0 aromatic carbocycles. The van der Waals surface area contributed by atoms with Crippen molar-refractivity contribution in [2.24, 2.45) is 0 Å². The summed E-state index contributed by atoms with van der Waals surface area (Å²) in [4.78, 5) is 12.8. The lowest BCUT2D eigenvalue weighted by Crippen LogP contribution is -2.30. The molecule has 7 heteroatoms. The first-order chi connectivity index (χ1) is 13.4. The molecule has 0 amide bonds. The molecule has 0 spiro atoms. The normalized spacial score (nSPS) is 19.9. The fraction of sp³-hybridized carbons (Fsp3) is 0.450. The van der Waals surface area contributed by atoms with Crippen molar-refractivity contribution in [2.75, 3.05) is 24.6 Å². The number of aromatic nitrogens is 3. The van der Waals surface area contributed by atoms with Crippen molar-refractivity contribution < 1.29 is 9.26 Å². The average Bonchev–Trinajstić information content (AvgIpc) is 3.39. The molecular weight excluding hydrogens is 360 g/mol. The topological polar surface area (TPSA) is 64.3 Å². The zero-order chi connectivity index (χ0) is 18.1. The Morgan fingerprint density at radius 1 is 1.19 bits per heavy atom. The van der Waals surface area contributed by atoms with Gasteiger partial charge in [0, 0.05) is 29.7 Å². The second kappa shape index (κ2) is 7.40. The molecule has 3 aromatic heterocycles. The van der Waals surface area contributed by atoms with Crippen molar-refractivity contribution in [1.29, 1.82) is 0 Å². The third kappa shape index (κ3) is 3.49. The molecule has 0 radical (unpaired) electrons. The van der Waals surface area contributed by atoms with Crippen LogP contribution in [0.25, 0.3) is 11.4 Å². The van der Waals surface area contributed by atoms with Gasteiger partial charge in [0.15, 0.2) is 0 Å². The van der Waals surface area contributed by atoms with E-state index in [4.69, 9.17) is 9.26 Å². The Hall–Kier alpha value is -2.25. The molecular formula is C20H22N4O2S. The monoisotopic (exact) mass is 382 g/mol. The lowest BCUT2D eigenvalue weighted by atomic mass is 10.1. The van der Waals surface area contributed by atoms with E-state index in [2.05, 4.69) is 37.5 Å². The minimum Gasteiger partial charge on any atom is -0.372 e. The number of fused-ring (bicyclic) bond motifs is 1. The summed E-state index contributed by atoms with van der Waals surface area (Å²) in [5, 5.41) is 6.33. The van der Waals surface area contributed by atoms with Crippen LogP contribution >= 0.6 is 11.3 Å². The lowest BCUT2D eigenvalue weighted by molar-refractivity contribution is 0.0405. The van der Waals surface area contributed by atoms with Crippen LogP contribution in [0.2, 0.25) is 0 Å². The van der Waals surface area contributed by atoms with E-state index in [1.807, 2.05) is 12.3 Å². The number of rotatable bonds is 4. The van der Waals surface area contributed by atoms with Crippen LogP contribution in [0, 0.1) is 0 Å². The molecule has 1 atom stereocenters. The van der Waals surface area contributed by atoms with Gasteiger partial charge in [0.05, 0.1) is 13.0 Å². The largest absolute Gasteiger partial charge is 0.372 e. The molecule has 5 heterocycles. The maximum atomic E-state index is 5.95. The molecule has 1 fully saturated rings. The third-order valence-corrected chi connectivity index (χ3v) is 6.33. The van der Waals surface area contributed by atoms with Crippen molar-refractivity contribution in [3.8, 4) is 11.4 Å². The summed E-state index contributed by atoms with van der Waals surface area (Å²) >= 11 is 1.75. The molecule has 2 aliphatic rings. The Labute approximate surface area is 162 Å². The maximum Gasteiger partial charge on any atom is 0.229 e. The summed E-state index contributed by atoms with van der Waals surface area (Å²) in [7, 11) is 0. The fourth-order valence-electron chi connectivity index (χ4n) is 3.84. The summed E-state index contributed by atoms with van der Waals surface area (Å²) in [5.74, 6) is 2.23. The van der Waals surface area contributed by atoms with E-state index in [0.717, 1.165) is 37.5 Å². The van der Waals surface area contributed by atoms with E-state index in [9.17, 15) is 0 Å². The van der Waals surface area contributed by atoms with Gasteiger partial charge in [-0.05, 0) is 54.8 Å². The van der Waals surface area contributed by atoms with E-state index < -0.39 is 0 Å². The SMILES string of the molecule is c1cc(-c2noc(CC3OCCc4ccsc43)n2)cc(N2CCCCC2)n1. The minimum absolute atomic E-state index is 0.0170. The highest BCUT2D eigenvalue weighted by molar-refractivity contribution is 7.10. The van der Waals surface area contributed by atoms with E-state index in [0.29, 0.717) is 18.1 Å². The summed E-state index contributed by atoms with van der Waals surface area (Å²) < 4.78 is 11.5. The van der Waals surface area contributed by atoms with Gasteiger partial charge < -0.3 is 14.2 Å². The standard InChI is InChI=1S/C20H22N4O2S/c1-2-8-24(9-3-1)17-12-15(4-7-21-17)20-22-18(26-23-20)13-16-19-14(5-10-25-16)6-11-27-19/h4,6-7,11-12,16H,1-3,5,8-10,13H2. The lowest BCUT2D eigenvalue weighted by Gasteiger charge is -2.27. The Bertz CT molecular complexity index is 916. The predicted octanol–water partition coefficient (Wildman–Crippen LogP) is 4.04. The number of nitrogens with zero attached hydrogens (tertiary/aromatic N) is 4. The van der Waals surface area contributed by atoms with Crippen LogP contribution in [0.5, 0.6) is 0 Å². The number of ether oxygens (including phenoxy) is 1. The molecule has 0 aliphatic carbocycles. The fourth-order valence-corrected chi connectivity index (χ4v) is 4.85. The van der Waals surface area contributed by atoms with Crippen LogP contribution in [0.15, 0.2) is 34.3 Å². The van der Waals surface area contributed by atoms with Crippen molar-refractivity contribution >= 4 is 17.2 Å². The number of pyridine rings is 1. The van der Waals surface area contributed by atoms with Crippen molar-refractivity contribution in [2.45, 2.75) is 38.2 Å². The second-order valence-electron chi connectivity index (χ2n) is 7.09. The molecule has 1 unspecified atom stereocenters. The van der Waals surface area contributed by atoms with E-state index >= 15 is 0 Å². The van der Waals surface area contributed by atoms with Crippen molar-refractivity contribution in [3.63, 3.8) is 0 Å². The number of thiophene rings is 1. The molecule has 1 saturated heterocycles. The molecule has 27 heavy (non-hydrogen) atoms. The number of hydrogen-bond acceptors (Lipinski definition) is 7. The highest BCUT2D eigenvalue weighted by atomic mass is 32.1. The van der Waals surface area contributed by atoms with Crippen molar-refractivity contribution in [1.82, 2.24) is 15.1 Å². The van der Waals surface area contributed by atoms with Crippen molar-refractivity contribution in [3.05, 3.63) is 46.1 Å². The van der Waals surface area contributed by atoms with Crippen LogP contribution in [-0.4, -0.2) is 34.8 Å². The zero-order valence-corrected chi connectivity index (χ0v) is 16.0. The van der Waals surface area contributed by atoms with E-state index in [1.165, 1.54) is 29.7 Å². The molecule has 3 aromatic rings. The molecule has 140 valence electrons. The first kappa shape index (κ1) is 16.9. The van der Waals surface area contributed by atoms with Gasteiger partial charge in [-0.2, -0.15) is 4.98 Å². The quantitative estimate of drug-likeness (QED) is 0.679. The van der Waals surface area contributed by atoms with Gasteiger partial charge in [-0.15, -0.1) is 11.3 Å². The second-order valence-corrected chi connectivity index (χ2v) is 8.03. The number of anilines is 1. The molecule has 2 aliphatic heterocycles. The van der Waals surface area contributed by atoms with Gasteiger partial charge in [-0.25, -0.2) is 4.98 Å². The molecule has 6 nitrogen and oxygen atoms in total. The van der Waals surface area contributed by atoms with Crippen LogP contribution in [0.4, 0.5) is 5.82 Å². The molecule has 0 N–H and O–H groups in total. The maximum absolute atomic E-state index is 5.95. The van der Waals surface area contributed by atoms with Gasteiger partial charge in [0.1, 0.15) is 11.9 Å². The molecule has 0 bridgehead atoms. The van der Waals surface area contributed by atoms with E-state index in [1.54, 1.807) is 11.3 Å². The Morgan fingerprint density at radius 2 is 2.11 bits per heavy atom. The Kier molecular flexibility index (Phi) is 4.63.